The average Bonchev–Trinajstić information content (AvgIpc) is 2.69. The summed E-state index contributed by atoms with van der Waals surface area (Å²) < 4.78 is 0. The molecule has 1 atom stereocenters. The quantitative estimate of drug-likeness (QED) is 0.875. The lowest BCUT2D eigenvalue weighted by atomic mass is 9.88. The van der Waals surface area contributed by atoms with Gasteiger partial charge in [0, 0.05) is 26.2 Å². The second kappa shape index (κ2) is 8.32. The van der Waals surface area contributed by atoms with Crippen molar-refractivity contribution in [1.29, 1.82) is 0 Å². The van der Waals surface area contributed by atoms with Crippen LogP contribution in [-0.4, -0.2) is 43.5 Å². The van der Waals surface area contributed by atoms with Crippen molar-refractivity contribution in [3.05, 3.63) is 64.7 Å². The predicted octanol–water partition coefficient (Wildman–Crippen LogP) is 3.66. The van der Waals surface area contributed by atoms with E-state index in [-0.39, 0.29) is 11.9 Å². The Labute approximate surface area is 166 Å². The van der Waals surface area contributed by atoms with E-state index in [1.54, 1.807) is 0 Å². The molecule has 0 radical (unpaired) electrons. The molecule has 2 aromatic carbocycles. The number of benzene rings is 2. The van der Waals surface area contributed by atoms with Gasteiger partial charge in [0.1, 0.15) is 0 Å². The molecule has 27 heavy (non-hydrogen) atoms. The van der Waals surface area contributed by atoms with Gasteiger partial charge >= 0.3 is 0 Å². The second-order valence-electron chi connectivity index (χ2n) is 7.43. The van der Waals surface area contributed by atoms with E-state index in [0.717, 1.165) is 56.2 Å². The van der Waals surface area contributed by atoms with Crippen LogP contribution in [0.4, 0.5) is 5.69 Å². The fourth-order valence-electron chi connectivity index (χ4n) is 4.20. The van der Waals surface area contributed by atoms with E-state index >= 15 is 0 Å². The molecule has 2 aromatic rings. The molecule has 1 N–H and O–H groups in total. The topological polar surface area (TPSA) is 35.6 Å². The lowest BCUT2D eigenvalue weighted by molar-refractivity contribution is -0.123. The summed E-state index contributed by atoms with van der Waals surface area (Å²) in [6, 6.07) is 16.6. The van der Waals surface area contributed by atoms with Crippen molar-refractivity contribution in [2.75, 3.05) is 37.6 Å². The van der Waals surface area contributed by atoms with Crippen molar-refractivity contribution < 1.29 is 4.79 Å². The number of fused-ring (bicyclic) bond motifs is 1. The Kier molecular flexibility index (Phi) is 5.65. The molecule has 1 unspecified atom stereocenters. The first-order valence-electron chi connectivity index (χ1n) is 9.80. The number of halogens is 1. The number of hydrogen-bond acceptors (Lipinski definition) is 3. The largest absolute Gasteiger partial charge is 0.368 e. The first-order valence-corrected chi connectivity index (χ1v) is 10.2. The fraction of sp³-hybridized carbons (Fsp3) is 0.409. The number of piperazine rings is 1. The minimum atomic E-state index is 0.128. The molecule has 1 saturated heterocycles. The molecular formula is C22H26ClN3O. The summed E-state index contributed by atoms with van der Waals surface area (Å²) in [6.07, 6.45) is 3.29. The van der Waals surface area contributed by atoms with Crippen LogP contribution in [0.25, 0.3) is 0 Å². The molecule has 1 amide bonds. The van der Waals surface area contributed by atoms with Gasteiger partial charge < -0.3 is 10.2 Å². The molecule has 1 aliphatic heterocycles. The van der Waals surface area contributed by atoms with Crippen LogP contribution >= 0.6 is 11.6 Å². The van der Waals surface area contributed by atoms with Crippen molar-refractivity contribution >= 4 is 23.2 Å². The highest BCUT2D eigenvalue weighted by Crippen LogP contribution is 2.29. The Hall–Kier alpha value is -2.04. The van der Waals surface area contributed by atoms with Crippen LogP contribution in [0.2, 0.25) is 5.02 Å². The Balaban J connectivity index is 1.30. The molecule has 1 aliphatic carbocycles. The summed E-state index contributed by atoms with van der Waals surface area (Å²) in [5, 5.41) is 4.05. The van der Waals surface area contributed by atoms with Gasteiger partial charge in [-0.05, 0) is 42.5 Å². The van der Waals surface area contributed by atoms with Gasteiger partial charge in [-0.15, -0.1) is 0 Å². The summed E-state index contributed by atoms with van der Waals surface area (Å²) in [4.78, 5) is 17.1. The van der Waals surface area contributed by atoms with Gasteiger partial charge in [-0.1, -0.05) is 48.0 Å². The van der Waals surface area contributed by atoms with E-state index in [2.05, 4.69) is 45.4 Å². The molecule has 0 aromatic heterocycles. The average molecular weight is 384 g/mol. The summed E-state index contributed by atoms with van der Waals surface area (Å²) in [5.41, 5.74) is 3.75. The van der Waals surface area contributed by atoms with E-state index in [1.807, 2.05) is 18.2 Å². The van der Waals surface area contributed by atoms with Crippen LogP contribution in [0.1, 0.15) is 30.0 Å². The van der Waals surface area contributed by atoms with Crippen LogP contribution in [0.15, 0.2) is 48.5 Å². The molecule has 0 saturated carbocycles. The third-order valence-corrected chi connectivity index (χ3v) is 5.96. The number of amides is 1. The zero-order valence-corrected chi connectivity index (χ0v) is 16.3. The van der Waals surface area contributed by atoms with Crippen molar-refractivity contribution in [2.24, 2.45) is 0 Å². The molecule has 4 rings (SSSR count). The number of para-hydroxylation sites is 1. The Bertz CT molecular complexity index is 802. The Morgan fingerprint density at radius 3 is 2.59 bits per heavy atom. The highest BCUT2D eigenvalue weighted by atomic mass is 35.5. The van der Waals surface area contributed by atoms with Gasteiger partial charge in [-0.2, -0.15) is 0 Å². The third-order valence-electron chi connectivity index (χ3n) is 5.64. The molecular weight excluding hydrogens is 358 g/mol. The Morgan fingerprint density at radius 2 is 1.78 bits per heavy atom. The highest BCUT2D eigenvalue weighted by Gasteiger charge is 2.24. The maximum atomic E-state index is 12.6. The van der Waals surface area contributed by atoms with Crippen LogP contribution in [0, 0.1) is 0 Å². The summed E-state index contributed by atoms with van der Waals surface area (Å²) >= 11 is 6.31. The normalized spacial score (nSPS) is 20.2. The zero-order valence-electron chi connectivity index (χ0n) is 15.5. The highest BCUT2D eigenvalue weighted by molar-refractivity contribution is 6.33. The van der Waals surface area contributed by atoms with E-state index in [9.17, 15) is 4.79 Å². The van der Waals surface area contributed by atoms with Gasteiger partial charge in [0.15, 0.2) is 0 Å². The monoisotopic (exact) mass is 383 g/mol. The lowest BCUT2D eigenvalue weighted by Crippen LogP contribution is -2.50. The van der Waals surface area contributed by atoms with E-state index in [1.165, 1.54) is 11.1 Å². The molecule has 2 aliphatic rings. The molecule has 5 heteroatoms. The number of hydrogen-bond donors (Lipinski definition) is 1. The number of nitrogens with zero attached hydrogens (tertiary/aromatic N) is 2. The minimum absolute atomic E-state index is 0.128. The maximum Gasteiger partial charge on any atom is 0.234 e. The molecule has 142 valence electrons. The molecule has 1 fully saturated rings. The fourth-order valence-corrected chi connectivity index (χ4v) is 4.46. The van der Waals surface area contributed by atoms with E-state index in [4.69, 9.17) is 11.6 Å². The third kappa shape index (κ3) is 4.28. The number of carbonyl (C=O) groups is 1. The molecule has 4 nitrogen and oxygen atoms in total. The number of rotatable bonds is 4. The second-order valence-corrected chi connectivity index (χ2v) is 7.83. The summed E-state index contributed by atoms with van der Waals surface area (Å²) in [6.45, 7) is 4.00. The van der Waals surface area contributed by atoms with Gasteiger partial charge in [0.2, 0.25) is 5.91 Å². The zero-order chi connectivity index (χ0) is 18.6. The van der Waals surface area contributed by atoms with Crippen LogP contribution in [0.5, 0.6) is 0 Å². The predicted molar refractivity (Wildman–Crippen MR) is 110 cm³/mol. The molecule has 1 heterocycles. The van der Waals surface area contributed by atoms with Crippen molar-refractivity contribution in [3.63, 3.8) is 0 Å². The number of nitrogens with one attached hydrogen (secondary N) is 1. The number of aryl methyl sites for hydroxylation is 1. The van der Waals surface area contributed by atoms with Crippen LogP contribution in [0.3, 0.4) is 0 Å². The summed E-state index contributed by atoms with van der Waals surface area (Å²) in [7, 11) is 0. The molecule has 0 bridgehead atoms. The Morgan fingerprint density at radius 1 is 1.04 bits per heavy atom. The number of anilines is 1. The lowest BCUT2D eigenvalue weighted by Gasteiger charge is -2.36. The first kappa shape index (κ1) is 18.3. The van der Waals surface area contributed by atoms with Gasteiger partial charge in [0.05, 0.1) is 23.3 Å². The molecule has 0 spiro atoms. The van der Waals surface area contributed by atoms with E-state index in [0.29, 0.717) is 6.54 Å². The smallest absolute Gasteiger partial charge is 0.234 e. The minimum Gasteiger partial charge on any atom is -0.368 e. The van der Waals surface area contributed by atoms with Gasteiger partial charge in [-0.25, -0.2) is 0 Å². The van der Waals surface area contributed by atoms with E-state index < -0.39 is 0 Å². The first-order chi connectivity index (χ1) is 13.2. The van der Waals surface area contributed by atoms with Gasteiger partial charge in [0.25, 0.3) is 0 Å². The standard InChI is InChI=1S/C22H26ClN3O/c23-19-9-3-4-11-21(19)26-14-12-25(13-15-26)16-22(27)24-20-10-5-7-17-6-1-2-8-18(17)20/h1-4,6,8-9,11,20H,5,7,10,12-16H2,(H,24,27). The van der Waals surface area contributed by atoms with Crippen molar-refractivity contribution in [1.82, 2.24) is 10.2 Å². The van der Waals surface area contributed by atoms with Crippen molar-refractivity contribution in [3.8, 4) is 0 Å². The summed E-state index contributed by atoms with van der Waals surface area (Å²) in [5.74, 6) is 0.128. The number of carbonyl (C=O) groups excluding carboxylic acids is 1. The SMILES string of the molecule is O=C(CN1CCN(c2ccccc2Cl)CC1)NC1CCCc2ccccc21. The van der Waals surface area contributed by atoms with Gasteiger partial charge in [-0.3, -0.25) is 9.69 Å². The van der Waals surface area contributed by atoms with Crippen LogP contribution in [-0.2, 0) is 11.2 Å². The maximum absolute atomic E-state index is 12.6. The van der Waals surface area contributed by atoms with Crippen molar-refractivity contribution in [2.45, 2.75) is 25.3 Å². The van der Waals surface area contributed by atoms with Crippen LogP contribution < -0.4 is 10.2 Å².